The lowest BCUT2D eigenvalue weighted by Crippen LogP contribution is -2.15. The largest absolute Gasteiger partial charge is 0.478 e. The topological polar surface area (TPSA) is 59.4 Å². The molecule has 0 aromatic carbocycles. The van der Waals surface area contributed by atoms with E-state index >= 15 is 0 Å². The van der Waals surface area contributed by atoms with Crippen LogP contribution in [0.5, 0.6) is 5.88 Å². The summed E-state index contributed by atoms with van der Waals surface area (Å²) >= 11 is 0. The summed E-state index contributed by atoms with van der Waals surface area (Å²) in [4.78, 5) is 15.3. The zero-order valence-corrected chi connectivity index (χ0v) is 10.4. The third-order valence-corrected chi connectivity index (χ3v) is 2.17. The lowest BCUT2D eigenvalue weighted by molar-refractivity contribution is 0.0696. The Kier molecular flexibility index (Phi) is 3.89. The molecular weight excluding hydrogens is 218 g/mol. The Balaban J connectivity index is 3.18. The molecule has 0 radical (unpaired) electrons. The maximum atomic E-state index is 11.0. The molecule has 0 bridgehead atoms. The number of ether oxygens (including phenoxy) is 1. The van der Waals surface area contributed by atoms with Gasteiger partial charge in [0.15, 0.2) is 0 Å². The van der Waals surface area contributed by atoms with Crippen molar-refractivity contribution in [2.24, 2.45) is 0 Å². The maximum absolute atomic E-state index is 11.0. The minimum Gasteiger partial charge on any atom is -0.478 e. The maximum Gasteiger partial charge on any atom is 0.335 e. The van der Waals surface area contributed by atoms with Crippen LogP contribution in [-0.2, 0) is 5.41 Å². The molecule has 0 saturated carbocycles. The van der Waals surface area contributed by atoms with Gasteiger partial charge in [0, 0.05) is 11.5 Å². The number of aromatic carboxylic acids is 1. The van der Waals surface area contributed by atoms with Crippen molar-refractivity contribution in [3.63, 3.8) is 0 Å². The summed E-state index contributed by atoms with van der Waals surface area (Å²) in [6.45, 7) is 9.75. The molecule has 1 aromatic rings. The van der Waals surface area contributed by atoms with Gasteiger partial charge in [0.1, 0.15) is 6.61 Å². The molecule has 0 aliphatic heterocycles. The van der Waals surface area contributed by atoms with E-state index in [1.54, 1.807) is 12.1 Å². The average Bonchev–Trinajstić information content (AvgIpc) is 2.24. The zero-order chi connectivity index (χ0) is 13.1. The van der Waals surface area contributed by atoms with E-state index in [1.165, 1.54) is 6.07 Å². The molecule has 17 heavy (non-hydrogen) atoms. The third kappa shape index (κ3) is 3.59. The van der Waals surface area contributed by atoms with E-state index in [-0.39, 0.29) is 11.0 Å². The number of carbonyl (C=O) groups is 1. The van der Waals surface area contributed by atoms with Gasteiger partial charge in [-0.15, -0.1) is 0 Å². The van der Waals surface area contributed by atoms with Crippen LogP contribution in [0.4, 0.5) is 0 Å². The zero-order valence-electron chi connectivity index (χ0n) is 10.4. The first-order valence-electron chi connectivity index (χ1n) is 5.34. The van der Waals surface area contributed by atoms with Crippen LogP contribution in [-0.4, -0.2) is 22.7 Å². The van der Waals surface area contributed by atoms with Crippen molar-refractivity contribution in [1.82, 2.24) is 4.98 Å². The van der Waals surface area contributed by atoms with Gasteiger partial charge >= 0.3 is 5.97 Å². The van der Waals surface area contributed by atoms with Crippen molar-refractivity contribution in [2.75, 3.05) is 6.61 Å². The highest BCUT2D eigenvalue weighted by molar-refractivity contribution is 5.88. The molecule has 1 N–H and O–H groups in total. The summed E-state index contributed by atoms with van der Waals surface area (Å²) in [5.41, 5.74) is 0.651. The molecular formula is C13H17NO3. The normalized spacial score (nSPS) is 11.0. The van der Waals surface area contributed by atoms with Crippen LogP contribution in [0.25, 0.3) is 0 Å². The number of rotatable bonds is 4. The summed E-state index contributed by atoms with van der Waals surface area (Å²) in [5, 5.41) is 9.02. The summed E-state index contributed by atoms with van der Waals surface area (Å²) in [7, 11) is 0. The molecule has 0 fully saturated rings. The van der Waals surface area contributed by atoms with E-state index in [9.17, 15) is 4.79 Å². The molecule has 0 aliphatic carbocycles. The van der Waals surface area contributed by atoms with E-state index in [0.29, 0.717) is 18.2 Å². The highest BCUT2D eigenvalue weighted by Gasteiger charge is 2.19. The standard InChI is InChI=1S/C13H17NO3/c1-5-6-17-11-8-9(12(15)16)7-10(14-11)13(2,3)4/h5,7-8H,1,6H2,2-4H3,(H,15,16). The number of carboxylic acid groups (broad SMARTS) is 1. The number of carboxylic acids is 1. The Labute approximate surface area is 101 Å². The van der Waals surface area contributed by atoms with Gasteiger partial charge < -0.3 is 9.84 Å². The molecule has 0 aliphatic rings. The quantitative estimate of drug-likeness (QED) is 0.815. The van der Waals surface area contributed by atoms with Gasteiger partial charge in [0.25, 0.3) is 0 Å². The molecule has 4 heteroatoms. The number of hydrogen-bond donors (Lipinski definition) is 1. The molecule has 4 nitrogen and oxygen atoms in total. The summed E-state index contributed by atoms with van der Waals surface area (Å²) in [6.07, 6.45) is 1.59. The molecule has 1 aromatic heterocycles. The van der Waals surface area contributed by atoms with Crippen molar-refractivity contribution >= 4 is 5.97 Å². The highest BCUT2D eigenvalue weighted by Crippen LogP contribution is 2.24. The van der Waals surface area contributed by atoms with Crippen LogP contribution in [0, 0.1) is 0 Å². The van der Waals surface area contributed by atoms with E-state index in [1.807, 2.05) is 20.8 Å². The van der Waals surface area contributed by atoms with Crippen LogP contribution < -0.4 is 4.74 Å². The SMILES string of the molecule is C=CCOc1cc(C(=O)O)cc(C(C)(C)C)n1. The third-order valence-electron chi connectivity index (χ3n) is 2.17. The summed E-state index contributed by atoms with van der Waals surface area (Å²) < 4.78 is 5.29. The Morgan fingerprint density at radius 3 is 2.65 bits per heavy atom. The highest BCUT2D eigenvalue weighted by atomic mass is 16.5. The first kappa shape index (κ1) is 13.2. The second kappa shape index (κ2) is 4.99. The van der Waals surface area contributed by atoms with Crippen LogP contribution in [0.3, 0.4) is 0 Å². The molecule has 0 unspecified atom stereocenters. The van der Waals surface area contributed by atoms with Crippen molar-refractivity contribution in [3.05, 3.63) is 36.0 Å². The lowest BCUT2D eigenvalue weighted by Gasteiger charge is -2.19. The second-order valence-electron chi connectivity index (χ2n) is 4.73. The smallest absolute Gasteiger partial charge is 0.335 e. The van der Waals surface area contributed by atoms with Gasteiger partial charge in [0.05, 0.1) is 11.3 Å². The van der Waals surface area contributed by atoms with Crippen LogP contribution in [0.2, 0.25) is 0 Å². The molecule has 1 heterocycles. The van der Waals surface area contributed by atoms with Gasteiger partial charge in [0.2, 0.25) is 5.88 Å². The van der Waals surface area contributed by atoms with Crippen LogP contribution >= 0.6 is 0 Å². The van der Waals surface area contributed by atoms with Gasteiger partial charge in [-0.05, 0) is 6.07 Å². The van der Waals surface area contributed by atoms with Crippen molar-refractivity contribution in [3.8, 4) is 5.88 Å². The van der Waals surface area contributed by atoms with E-state index in [0.717, 1.165) is 0 Å². The Morgan fingerprint density at radius 1 is 1.53 bits per heavy atom. The van der Waals surface area contributed by atoms with E-state index < -0.39 is 5.97 Å². The first-order chi connectivity index (χ1) is 7.84. The van der Waals surface area contributed by atoms with Crippen molar-refractivity contribution in [1.29, 1.82) is 0 Å². The second-order valence-corrected chi connectivity index (χ2v) is 4.73. The van der Waals surface area contributed by atoms with Gasteiger partial charge in [-0.25, -0.2) is 9.78 Å². The summed E-state index contributed by atoms with van der Waals surface area (Å²) in [6, 6.07) is 2.99. The van der Waals surface area contributed by atoms with E-state index in [2.05, 4.69) is 11.6 Å². The van der Waals surface area contributed by atoms with Gasteiger partial charge in [-0.1, -0.05) is 33.4 Å². The Bertz CT molecular complexity index is 433. The minimum absolute atomic E-state index is 0.184. The van der Waals surface area contributed by atoms with Crippen molar-refractivity contribution < 1.29 is 14.6 Å². The number of hydrogen-bond acceptors (Lipinski definition) is 3. The lowest BCUT2D eigenvalue weighted by atomic mass is 9.91. The molecule has 1 rings (SSSR count). The molecule has 0 saturated heterocycles. The Morgan fingerprint density at radius 2 is 2.18 bits per heavy atom. The fraction of sp³-hybridized carbons (Fsp3) is 0.385. The van der Waals surface area contributed by atoms with Crippen LogP contribution in [0.15, 0.2) is 24.8 Å². The van der Waals surface area contributed by atoms with Crippen molar-refractivity contribution in [2.45, 2.75) is 26.2 Å². The van der Waals surface area contributed by atoms with Gasteiger partial charge in [-0.3, -0.25) is 0 Å². The van der Waals surface area contributed by atoms with Gasteiger partial charge in [-0.2, -0.15) is 0 Å². The van der Waals surface area contributed by atoms with E-state index in [4.69, 9.17) is 9.84 Å². The number of aromatic nitrogens is 1. The predicted molar refractivity (Wildman–Crippen MR) is 65.6 cm³/mol. The molecule has 0 spiro atoms. The fourth-order valence-corrected chi connectivity index (χ4v) is 1.23. The predicted octanol–water partition coefficient (Wildman–Crippen LogP) is 2.64. The molecule has 0 atom stereocenters. The van der Waals surface area contributed by atoms with Crippen LogP contribution in [0.1, 0.15) is 36.8 Å². The fourth-order valence-electron chi connectivity index (χ4n) is 1.23. The molecule has 0 amide bonds. The molecule has 92 valence electrons. The number of pyridine rings is 1. The monoisotopic (exact) mass is 235 g/mol. The summed E-state index contributed by atoms with van der Waals surface area (Å²) in [5.74, 6) is -0.670. The average molecular weight is 235 g/mol. The Hall–Kier alpha value is -1.84. The number of nitrogens with zero attached hydrogens (tertiary/aromatic N) is 1. The minimum atomic E-state index is -0.985. The first-order valence-corrected chi connectivity index (χ1v) is 5.34.